The van der Waals surface area contributed by atoms with Crippen molar-refractivity contribution in [3.8, 4) is 0 Å². The number of carbonyl (C=O) groups is 2. The van der Waals surface area contributed by atoms with Gasteiger partial charge in [0.25, 0.3) is 0 Å². The summed E-state index contributed by atoms with van der Waals surface area (Å²) in [6.07, 6.45) is 3.70. The fraction of sp³-hybridized carbons (Fsp3) is 0.875. The molecule has 5 nitrogen and oxygen atoms in total. The van der Waals surface area contributed by atoms with E-state index in [1.54, 1.807) is 4.90 Å². The molecule has 1 aliphatic rings. The van der Waals surface area contributed by atoms with Crippen molar-refractivity contribution in [2.75, 3.05) is 13.1 Å². The Kier molecular flexibility index (Phi) is 6.49. The predicted octanol–water partition coefficient (Wildman–Crippen LogP) is 3.10. The topological polar surface area (TPSA) is 69.6 Å². The number of likely N-dealkylation sites (tertiary alicyclic amines) is 1. The van der Waals surface area contributed by atoms with Gasteiger partial charge in [-0.2, -0.15) is 0 Å². The standard InChI is InChI=1S/C16H30N2O3/c1-5-7-16(14(19)20)8-10-18(11-9-16)15(21)17-13(4)12(3)6-2/h12-13H,5-11H2,1-4H3,(H,17,21)(H,19,20). The Morgan fingerprint density at radius 3 is 2.24 bits per heavy atom. The van der Waals surface area contributed by atoms with Crippen LogP contribution in [0.4, 0.5) is 4.79 Å². The molecule has 0 aromatic carbocycles. The molecular formula is C16H30N2O3. The fourth-order valence-corrected chi connectivity index (χ4v) is 2.97. The maximum Gasteiger partial charge on any atom is 0.317 e. The Morgan fingerprint density at radius 1 is 1.24 bits per heavy atom. The van der Waals surface area contributed by atoms with E-state index in [2.05, 4.69) is 19.2 Å². The summed E-state index contributed by atoms with van der Waals surface area (Å²) in [4.78, 5) is 25.5. The molecule has 0 spiro atoms. The van der Waals surface area contributed by atoms with Gasteiger partial charge in [0.1, 0.15) is 0 Å². The van der Waals surface area contributed by atoms with Crippen molar-refractivity contribution in [2.45, 2.75) is 65.8 Å². The molecule has 1 heterocycles. The number of carboxylic acid groups (broad SMARTS) is 1. The summed E-state index contributed by atoms with van der Waals surface area (Å²) in [5.41, 5.74) is -0.631. The van der Waals surface area contributed by atoms with Crippen LogP contribution in [-0.4, -0.2) is 41.1 Å². The quantitative estimate of drug-likeness (QED) is 0.791. The van der Waals surface area contributed by atoms with Crippen molar-refractivity contribution in [3.05, 3.63) is 0 Å². The molecule has 2 amide bonds. The van der Waals surface area contributed by atoms with Crippen LogP contribution in [0.1, 0.15) is 59.8 Å². The van der Waals surface area contributed by atoms with Crippen LogP contribution in [0.5, 0.6) is 0 Å². The zero-order valence-electron chi connectivity index (χ0n) is 13.8. The van der Waals surface area contributed by atoms with Crippen molar-refractivity contribution in [1.82, 2.24) is 10.2 Å². The number of nitrogens with zero attached hydrogens (tertiary/aromatic N) is 1. The zero-order chi connectivity index (χ0) is 16.0. The summed E-state index contributed by atoms with van der Waals surface area (Å²) in [5.74, 6) is -0.269. The van der Waals surface area contributed by atoms with Gasteiger partial charge in [-0.05, 0) is 32.1 Å². The number of nitrogens with one attached hydrogen (secondary N) is 1. The van der Waals surface area contributed by atoms with Gasteiger partial charge in [-0.25, -0.2) is 4.79 Å². The van der Waals surface area contributed by atoms with Crippen molar-refractivity contribution in [3.63, 3.8) is 0 Å². The minimum Gasteiger partial charge on any atom is -0.481 e. The molecule has 0 bridgehead atoms. The molecule has 0 aromatic heterocycles. The second kappa shape index (κ2) is 7.66. The lowest BCUT2D eigenvalue weighted by atomic mass is 9.75. The molecule has 2 unspecified atom stereocenters. The molecule has 1 rings (SSSR count). The van der Waals surface area contributed by atoms with E-state index >= 15 is 0 Å². The van der Waals surface area contributed by atoms with Crippen LogP contribution in [-0.2, 0) is 4.79 Å². The SMILES string of the molecule is CCCC1(C(=O)O)CCN(C(=O)NC(C)C(C)CC)CC1. The van der Waals surface area contributed by atoms with Crippen LogP contribution < -0.4 is 5.32 Å². The third-order valence-corrected chi connectivity index (χ3v) is 5.04. The molecule has 2 N–H and O–H groups in total. The first kappa shape index (κ1) is 17.8. The molecule has 1 fully saturated rings. The van der Waals surface area contributed by atoms with Crippen LogP contribution in [0.3, 0.4) is 0 Å². The molecule has 2 atom stereocenters. The van der Waals surface area contributed by atoms with E-state index < -0.39 is 11.4 Å². The minimum atomic E-state index is -0.711. The maximum atomic E-state index is 12.2. The van der Waals surface area contributed by atoms with Gasteiger partial charge in [0, 0.05) is 19.1 Å². The van der Waals surface area contributed by atoms with Gasteiger partial charge in [-0.15, -0.1) is 0 Å². The monoisotopic (exact) mass is 298 g/mol. The summed E-state index contributed by atoms with van der Waals surface area (Å²) in [6, 6.07) is 0.0857. The molecular weight excluding hydrogens is 268 g/mol. The highest BCUT2D eigenvalue weighted by Crippen LogP contribution is 2.36. The van der Waals surface area contributed by atoms with E-state index in [0.717, 1.165) is 12.8 Å². The Hall–Kier alpha value is -1.26. The lowest BCUT2D eigenvalue weighted by molar-refractivity contribution is -0.152. The largest absolute Gasteiger partial charge is 0.481 e. The van der Waals surface area contributed by atoms with Gasteiger partial charge in [0.15, 0.2) is 0 Å². The van der Waals surface area contributed by atoms with Crippen LogP contribution in [0.2, 0.25) is 0 Å². The maximum absolute atomic E-state index is 12.2. The van der Waals surface area contributed by atoms with E-state index in [4.69, 9.17) is 0 Å². The molecule has 1 aliphatic heterocycles. The second-order valence-corrected chi connectivity index (χ2v) is 6.45. The number of aliphatic carboxylic acids is 1. The van der Waals surface area contributed by atoms with E-state index in [-0.39, 0.29) is 12.1 Å². The predicted molar refractivity (Wildman–Crippen MR) is 83.2 cm³/mol. The smallest absolute Gasteiger partial charge is 0.317 e. The fourth-order valence-electron chi connectivity index (χ4n) is 2.97. The summed E-state index contributed by atoms with van der Waals surface area (Å²) in [5, 5.41) is 12.5. The first-order valence-corrected chi connectivity index (χ1v) is 8.15. The number of piperidine rings is 1. The van der Waals surface area contributed by atoms with E-state index in [0.29, 0.717) is 38.3 Å². The number of amides is 2. The van der Waals surface area contributed by atoms with Crippen LogP contribution in [0.15, 0.2) is 0 Å². The van der Waals surface area contributed by atoms with E-state index in [1.807, 2.05) is 13.8 Å². The molecule has 0 aromatic rings. The normalized spacial score (nSPS) is 20.7. The summed E-state index contributed by atoms with van der Waals surface area (Å²) in [7, 11) is 0. The Morgan fingerprint density at radius 2 is 1.81 bits per heavy atom. The number of rotatable bonds is 6. The number of carbonyl (C=O) groups excluding carboxylic acids is 1. The number of hydrogen-bond donors (Lipinski definition) is 2. The zero-order valence-corrected chi connectivity index (χ0v) is 13.8. The number of urea groups is 1. The van der Waals surface area contributed by atoms with Gasteiger partial charge >= 0.3 is 12.0 Å². The van der Waals surface area contributed by atoms with E-state index in [1.165, 1.54) is 0 Å². The summed E-state index contributed by atoms with van der Waals surface area (Å²) >= 11 is 0. The summed E-state index contributed by atoms with van der Waals surface area (Å²) < 4.78 is 0. The third-order valence-electron chi connectivity index (χ3n) is 5.04. The van der Waals surface area contributed by atoms with Crippen LogP contribution in [0, 0.1) is 11.3 Å². The highest BCUT2D eigenvalue weighted by atomic mass is 16.4. The Labute approximate surface area is 128 Å². The average molecular weight is 298 g/mol. The van der Waals surface area contributed by atoms with Crippen molar-refractivity contribution < 1.29 is 14.7 Å². The number of hydrogen-bond acceptors (Lipinski definition) is 2. The third kappa shape index (κ3) is 4.35. The molecule has 5 heteroatoms. The summed E-state index contributed by atoms with van der Waals surface area (Å²) in [6.45, 7) is 9.33. The lowest BCUT2D eigenvalue weighted by Crippen LogP contribution is -2.51. The van der Waals surface area contributed by atoms with Crippen molar-refractivity contribution in [2.24, 2.45) is 11.3 Å². The van der Waals surface area contributed by atoms with E-state index in [9.17, 15) is 14.7 Å². The molecule has 21 heavy (non-hydrogen) atoms. The van der Waals surface area contributed by atoms with Crippen LogP contribution >= 0.6 is 0 Å². The van der Waals surface area contributed by atoms with Crippen molar-refractivity contribution >= 4 is 12.0 Å². The van der Waals surface area contributed by atoms with Gasteiger partial charge in [-0.1, -0.05) is 33.6 Å². The Balaban J connectivity index is 2.55. The molecule has 0 aliphatic carbocycles. The highest BCUT2D eigenvalue weighted by Gasteiger charge is 2.41. The number of carboxylic acids is 1. The Bertz CT molecular complexity index is 363. The first-order chi connectivity index (χ1) is 9.86. The van der Waals surface area contributed by atoms with Gasteiger partial charge in [-0.3, -0.25) is 4.79 Å². The van der Waals surface area contributed by atoms with Gasteiger partial charge < -0.3 is 15.3 Å². The lowest BCUT2D eigenvalue weighted by Gasteiger charge is -2.39. The molecule has 0 saturated carbocycles. The molecule has 122 valence electrons. The molecule has 0 radical (unpaired) electrons. The average Bonchev–Trinajstić information content (AvgIpc) is 2.46. The first-order valence-electron chi connectivity index (χ1n) is 8.15. The minimum absolute atomic E-state index is 0.0571. The second-order valence-electron chi connectivity index (χ2n) is 6.45. The highest BCUT2D eigenvalue weighted by molar-refractivity contribution is 5.77. The van der Waals surface area contributed by atoms with Crippen LogP contribution in [0.25, 0.3) is 0 Å². The van der Waals surface area contributed by atoms with Crippen molar-refractivity contribution in [1.29, 1.82) is 0 Å². The van der Waals surface area contributed by atoms with Gasteiger partial charge in [0.2, 0.25) is 0 Å². The molecule has 1 saturated heterocycles. The van der Waals surface area contributed by atoms with Gasteiger partial charge in [0.05, 0.1) is 5.41 Å².